The van der Waals surface area contributed by atoms with E-state index in [1.165, 1.54) is 12.1 Å². The van der Waals surface area contributed by atoms with Gasteiger partial charge in [-0.1, -0.05) is 6.07 Å². The van der Waals surface area contributed by atoms with E-state index < -0.39 is 4.92 Å². The van der Waals surface area contributed by atoms with Crippen molar-refractivity contribution in [2.45, 2.75) is 18.8 Å². The Hall–Kier alpha value is -3.53. The average Bonchev–Trinajstić information content (AvgIpc) is 3.29. The summed E-state index contributed by atoms with van der Waals surface area (Å²) in [5.74, 6) is 1.54. The van der Waals surface area contributed by atoms with Crippen molar-refractivity contribution in [3.8, 4) is 0 Å². The van der Waals surface area contributed by atoms with Crippen LogP contribution in [0.1, 0.15) is 24.6 Å². The summed E-state index contributed by atoms with van der Waals surface area (Å²) in [6.45, 7) is 4.99. The molecule has 5 rings (SSSR count). The molecular weight excluding hydrogens is 422 g/mol. The molecule has 0 unspecified atom stereocenters. The van der Waals surface area contributed by atoms with Gasteiger partial charge in [0.2, 0.25) is 5.91 Å². The molecule has 0 atom stereocenters. The van der Waals surface area contributed by atoms with Crippen molar-refractivity contribution in [3.05, 3.63) is 64.6 Å². The molecule has 0 radical (unpaired) electrons. The van der Waals surface area contributed by atoms with E-state index in [1.54, 1.807) is 12.1 Å². The molecule has 2 aromatic heterocycles. The number of benzene rings is 1. The third-order valence-corrected chi connectivity index (χ3v) is 6.71. The third kappa shape index (κ3) is 4.51. The molecule has 172 valence electrons. The van der Waals surface area contributed by atoms with E-state index in [4.69, 9.17) is 0 Å². The number of piperidine rings is 1. The van der Waals surface area contributed by atoms with Gasteiger partial charge in [0.1, 0.15) is 5.82 Å². The molecule has 2 fully saturated rings. The number of nitro groups is 1. The minimum Gasteiger partial charge on any atom is -0.368 e. The van der Waals surface area contributed by atoms with E-state index in [9.17, 15) is 14.9 Å². The second-order valence-corrected chi connectivity index (χ2v) is 8.68. The average molecular weight is 450 g/mol. The van der Waals surface area contributed by atoms with Crippen LogP contribution in [0.3, 0.4) is 0 Å². The lowest BCUT2D eigenvalue weighted by Gasteiger charge is -2.38. The quantitative estimate of drug-likeness (QED) is 0.435. The second kappa shape index (κ2) is 9.14. The molecule has 10 nitrogen and oxygen atoms in total. The number of nitro benzene ring substituents is 1. The molecule has 33 heavy (non-hydrogen) atoms. The molecule has 2 aliphatic rings. The maximum absolute atomic E-state index is 12.9. The molecule has 0 N–H and O–H groups in total. The Bertz CT molecular complexity index is 1130. The van der Waals surface area contributed by atoms with E-state index in [0.29, 0.717) is 25.6 Å². The zero-order valence-electron chi connectivity index (χ0n) is 18.4. The highest BCUT2D eigenvalue weighted by molar-refractivity contribution is 5.78. The molecule has 0 aliphatic carbocycles. The van der Waals surface area contributed by atoms with Crippen LogP contribution in [-0.2, 0) is 4.79 Å². The second-order valence-electron chi connectivity index (χ2n) is 8.68. The molecule has 0 saturated carbocycles. The topological polar surface area (TPSA) is 100 Å². The van der Waals surface area contributed by atoms with E-state index in [1.807, 2.05) is 29.3 Å². The number of carbonyl (C=O) groups is 1. The van der Waals surface area contributed by atoms with Crippen LogP contribution in [-0.4, -0.2) is 81.0 Å². The lowest BCUT2D eigenvalue weighted by Crippen LogP contribution is -2.51. The highest BCUT2D eigenvalue weighted by Gasteiger charge is 2.28. The van der Waals surface area contributed by atoms with Crippen LogP contribution in [0, 0.1) is 10.1 Å². The summed E-state index contributed by atoms with van der Waals surface area (Å²) >= 11 is 0. The van der Waals surface area contributed by atoms with Gasteiger partial charge in [0, 0.05) is 56.1 Å². The van der Waals surface area contributed by atoms with E-state index in [0.717, 1.165) is 56.2 Å². The highest BCUT2D eigenvalue weighted by Crippen LogP contribution is 2.27. The lowest BCUT2D eigenvalue weighted by atomic mass is 9.96. The van der Waals surface area contributed by atoms with Crippen LogP contribution >= 0.6 is 0 Å². The molecule has 4 heterocycles. The van der Waals surface area contributed by atoms with Crippen molar-refractivity contribution < 1.29 is 9.72 Å². The Morgan fingerprint density at radius 2 is 1.70 bits per heavy atom. The first-order chi connectivity index (χ1) is 16.1. The molecule has 1 amide bonds. The number of aromatic nitrogens is 3. The van der Waals surface area contributed by atoms with Gasteiger partial charge < -0.3 is 9.80 Å². The van der Waals surface area contributed by atoms with Gasteiger partial charge in [-0.3, -0.25) is 24.2 Å². The predicted octanol–water partition coefficient (Wildman–Crippen LogP) is 2.17. The summed E-state index contributed by atoms with van der Waals surface area (Å²) in [5.41, 5.74) is 1.92. The number of hydrogen-bond acceptors (Lipinski definition) is 7. The maximum Gasteiger partial charge on any atom is 0.269 e. The maximum atomic E-state index is 12.9. The van der Waals surface area contributed by atoms with E-state index in [-0.39, 0.29) is 11.6 Å². The Labute approximate surface area is 191 Å². The first-order valence-electron chi connectivity index (χ1n) is 11.4. The highest BCUT2D eigenvalue weighted by atomic mass is 16.6. The zero-order chi connectivity index (χ0) is 22.8. The van der Waals surface area contributed by atoms with Crippen molar-refractivity contribution in [1.29, 1.82) is 0 Å². The number of likely N-dealkylation sites (tertiary alicyclic amines) is 1. The van der Waals surface area contributed by atoms with Crippen molar-refractivity contribution in [2.24, 2.45) is 0 Å². The fraction of sp³-hybridized carbons (Fsp3) is 0.435. The first kappa shape index (κ1) is 21.3. The first-order valence-corrected chi connectivity index (χ1v) is 11.4. The SMILES string of the molecule is O=C(CN1CCC(c2nnc3ccccn23)CC1)N1CCN(c2ccc([N+](=O)[O-])cc2)CC1. The zero-order valence-corrected chi connectivity index (χ0v) is 18.4. The summed E-state index contributed by atoms with van der Waals surface area (Å²) in [4.78, 5) is 29.7. The minimum atomic E-state index is -0.391. The number of anilines is 1. The van der Waals surface area contributed by atoms with Gasteiger partial charge in [0.15, 0.2) is 5.65 Å². The monoisotopic (exact) mass is 449 g/mol. The fourth-order valence-corrected chi connectivity index (χ4v) is 4.78. The van der Waals surface area contributed by atoms with Gasteiger partial charge >= 0.3 is 0 Å². The third-order valence-electron chi connectivity index (χ3n) is 6.71. The van der Waals surface area contributed by atoms with Gasteiger partial charge in [-0.15, -0.1) is 10.2 Å². The number of rotatable bonds is 5. The summed E-state index contributed by atoms with van der Waals surface area (Å²) in [6, 6.07) is 12.5. The largest absolute Gasteiger partial charge is 0.368 e. The Kier molecular flexibility index (Phi) is 5.91. The van der Waals surface area contributed by atoms with E-state index >= 15 is 0 Å². The smallest absolute Gasteiger partial charge is 0.269 e. The summed E-state index contributed by atoms with van der Waals surface area (Å²) in [7, 11) is 0. The molecular formula is C23H27N7O3. The Morgan fingerprint density at radius 1 is 0.970 bits per heavy atom. The lowest BCUT2D eigenvalue weighted by molar-refractivity contribution is -0.384. The normalized spacial score (nSPS) is 18.1. The molecule has 0 bridgehead atoms. The number of non-ortho nitro benzene ring substituents is 1. The minimum absolute atomic E-state index is 0.0912. The van der Waals surface area contributed by atoms with Crippen molar-refractivity contribution >= 4 is 22.9 Å². The summed E-state index contributed by atoms with van der Waals surface area (Å²) in [6.07, 6.45) is 3.95. The van der Waals surface area contributed by atoms with Gasteiger partial charge in [0.25, 0.3) is 5.69 Å². The van der Waals surface area contributed by atoms with Crippen LogP contribution in [0.2, 0.25) is 0 Å². The van der Waals surface area contributed by atoms with Crippen LogP contribution in [0.25, 0.3) is 5.65 Å². The van der Waals surface area contributed by atoms with E-state index in [2.05, 4.69) is 24.4 Å². The molecule has 3 aromatic rings. The van der Waals surface area contributed by atoms with Crippen molar-refractivity contribution in [2.75, 3.05) is 50.7 Å². The number of amides is 1. The van der Waals surface area contributed by atoms with Crippen LogP contribution in [0.15, 0.2) is 48.7 Å². The number of hydrogen-bond donors (Lipinski definition) is 0. The van der Waals surface area contributed by atoms with Crippen LogP contribution < -0.4 is 4.90 Å². The van der Waals surface area contributed by atoms with Gasteiger partial charge in [-0.05, 0) is 50.2 Å². The van der Waals surface area contributed by atoms with Crippen molar-refractivity contribution in [1.82, 2.24) is 24.4 Å². The molecule has 2 saturated heterocycles. The van der Waals surface area contributed by atoms with Gasteiger partial charge in [0.05, 0.1) is 11.5 Å². The fourth-order valence-electron chi connectivity index (χ4n) is 4.78. The number of nitrogens with zero attached hydrogens (tertiary/aromatic N) is 7. The summed E-state index contributed by atoms with van der Waals surface area (Å²) in [5, 5.41) is 19.5. The number of pyridine rings is 1. The van der Waals surface area contributed by atoms with Gasteiger partial charge in [-0.25, -0.2) is 0 Å². The molecule has 10 heteroatoms. The predicted molar refractivity (Wildman–Crippen MR) is 123 cm³/mol. The molecule has 0 spiro atoms. The standard InChI is InChI=1S/C23H27N7O3/c31-22(28-15-13-27(14-16-28)19-4-6-20(7-5-19)30(32)33)17-26-11-8-18(9-12-26)23-25-24-21-3-1-2-10-29(21)23/h1-7,10,18H,8-9,11-17H2. The summed E-state index contributed by atoms with van der Waals surface area (Å²) < 4.78 is 2.07. The number of carbonyl (C=O) groups excluding carboxylic acids is 1. The van der Waals surface area contributed by atoms with Crippen LogP contribution in [0.5, 0.6) is 0 Å². The van der Waals surface area contributed by atoms with Crippen LogP contribution in [0.4, 0.5) is 11.4 Å². The van der Waals surface area contributed by atoms with Crippen molar-refractivity contribution in [3.63, 3.8) is 0 Å². The number of piperazine rings is 1. The number of fused-ring (bicyclic) bond motifs is 1. The Morgan fingerprint density at radius 3 is 2.39 bits per heavy atom. The molecule has 2 aliphatic heterocycles. The Balaban J connectivity index is 1.10. The molecule has 1 aromatic carbocycles. The van der Waals surface area contributed by atoms with Gasteiger partial charge in [-0.2, -0.15) is 0 Å².